The Morgan fingerprint density at radius 1 is 1.05 bits per heavy atom. The minimum Gasteiger partial charge on any atom is -0.392 e. The second-order valence-electron chi connectivity index (χ2n) is 7.22. The molecule has 0 spiro atoms. The van der Waals surface area contributed by atoms with Crippen molar-refractivity contribution in [2.24, 2.45) is 11.8 Å². The minimum atomic E-state index is -0.160. The van der Waals surface area contributed by atoms with Crippen LogP contribution in [-0.4, -0.2) is 11.2 Å². The number of rotatable bonds is 5. The molecule has 0 aliphatic heterocycles. The summed E-state index contributed by atoms with van der Waals surface area (Å²) < 4.78 is 0. The van der Waals surface area contributed by atoms with E-state index in [1.54, 1.807) is 0 Å². The molecule has 0 radical (unpaired) electrons. The predicted octanol–water partition coefficient (Wildman–Crippen LogP) is 5.12. The molecule has 0 saturated heterocycles. The van der Waals surface area contributed by atoms with Gasteiger partial charge in [0.15, 0.2) is 0 Å². The van der Waals surface area contributed by atoms with Gasteiger partial charge in [-0.3, -0.25) is 0 Å². The molecular formula is C20H32O. The molecule has 118 valence electrons. The monoisotopic (exact) mass is 288 g/mol. The Morgan fingerprint density at radius 3 is 2.14 bits per heavy atom. The summed E-state index contributed by atoms with van der Waals surface area (Å²) in [5.41, 5.74) is 5.37. The lowest BCUT2D eigenvalue weighted by Gasteiger charge is -2.32. The number of hydrogen-bond acceptors (Lipinski definition) is 1. The van der Waals surface area contributed by atoms with Gasteiger partial charge in [0.2, 0.25) is 0 Å². The molecule has 1 N–H and O–H groups in total. The first-order valence-corrected chi connectivity index (χ1v) is 8.76. The van der Waals surface area contributed by atoms with Crippen LogP contribution in [0.4, 0.5) is 0 Å². The summed E-state index contributed by atoms with van der Waals surface area (Å²) in [5.74, 6) is 1.43. The van der Waals surface area contributed by atoms with E-state index in [0.29, 0.717) is 5.92 Å². The fourth-order valence-electron chi connectivity index (χ4n) is 4.18. The summed E-state index contributed by atoms with van der Waals surface area (Å²) in [7, 11) is 0. The molecule has 1 fully saturated rings. The molecule has 1 heteroatoms. The van der Waals surface area contributed by atoms with Crippen LogP contribution in [0.3, 0.4) is 0 Å². The standard InChI is InChI=1S/C20H32O/c1-5-6-17-7-9-18(10-8-17)20(21)13-19-15(3)11-14(2)12-16(19)4/h11-12,17-18,20-21H,5-10,13H2,1-4H3. The zero-order chi connectivity index (χ0) is 15.4. The average Bonchev–Trinajstić information content (AvgIpc) is 2.43. The average molecular weight is 288 g/mol. The number of aliphatic hydroxyl groups excluding tert-OH is 1. The van der Waals surface area contributed by atoms with Crippen molar-refractivity contribution in [1.82, 2.24) is 0 Å². The van der Waals surface area contributed by atoms with Crippen LogP contribution < -0.4 is 0 Å². The van der Waals surface area contributed by atoms with Crippen LogP contribution in [0.1, 0.15) is 67.7 Å². The van der Waals surface area contributed by atoms with E-state index in [0.717, 1.165) is 12.3 Å². The Bertz CT molecular complexity index is 432. The molecule has 1 aliphatic rings. The maximum atomic E-state index is 10.7. The molecule has 2 rings (SSSR count). The van der Waals surface area contributed by atoms with E-state index < -0.39 is 0 Å². The lowest BCUT2D eigenvalue weighted by atomic mass is 9.76. The molecule has 1 aromatic rings. The molecule has 1 aliphatic carbocycles. The third kappa shape index (κ3) is 4.32. The van der Waals surface area contributed by atoms with Gasteiger partial charge >= 0.3 is 0 Å². The zero-order valence-electron chi connectivity index (χ0n) is 14.3. The van der Waals surface area contributed by atoms with Crippen LogP contribution in [0, 0.1) is 32.6 Å². The second-order valence-corrected chi connectivity index (χ2v) is 7.22. The topological polar surface area (TPSA) is 20.2 Å². The summed E-state index contributed by atoms with van der Waals surface area (Å²) in [4.78, 5) is 0. The SMILES string of the molecule is CCCC1CCC(C(O)Cc2c(C)cc(C)cc2C)CC1. The van der Waals surface area contributed by atoms with Gasteiger partial charge < -0.3 is 5.11 Å². The van der Waals surface area contributed by atoms with Crippen LogP contribution in [0.5, 0.6) is 0 Å². The third-order valence-electron chi connectivity index (χ3n) is 5.39. The van der Waals surface area contributed by atoms with E-state index in [9.17, 15) is 5.11 Å². The predicted molar refractivity (Wildman–Crippen MR) is 90.7 cm³/mol. The normalized spacial score (nSPS) is 24.0. The molecule has 1 atom stereocenters. The fourth-order valence-corrected chi connectivity index (χ4v) is 4.18. The summed E-state index contributed by atoms with van der Waals surface area (Å²) in [5, 5.41) is 10.7. The van der Waals surface area contributed by atoms with Crippen LogP contribution in [0.25, 0.3) is 0 Å². The van der Waals surface area contributed by atoms with Gasteiger partial charge in [0.25, 0.3) is 0 Å². The summed E-state index contributed by atoms with van der Waals surface area (Å²) in [6, 6.07) is 4.49. The van der Waals surface area contributed by atoms with Crippen molar-refractivity contribution in [3.05, 3.63) is 34.4 Å². The highest BCUT2D eigenvalue weighted by Crippen LogP contribution is 2.34. The summed E-state index contributed by atoms with van der Waals surface area (Å²) in [6.07, 6.45) is 8.43. The molecule has 0 heterocycles. The van der Waals surface area contributed by atoms with E-state index in [4.69, 9.17) is 0 Å². The van der Waals surface area contributed by atoms with Crippen LogP contribution in [0.15, 0.2) is 12.1 Å². The highest BCUT2D eigenvalue weighted by atomic mass is 16.3. The zero-order valence-corrected chi connectivity index (χ0v) is 14.3. The van der Waals surface area contributed by atoms with Crippen LogP contribution in [-0.2, 0) is 6.42 Å². The van der Waals surface area contributed by atoms with E-state index in [2.05, 4.69) is 39.8 Å². The lowest BCUT2D eigenvalue weighted by Crippen LogP contribution is -2.28. The van der Waals surface area contributed by atoms with E-state index in [-0.39, 0.29) is 6.10 Å². The molecule has 21 heavy (non-hydrogen) atoms. The third-order valence-corrected chi connectivity index (χ3v) is 5.39. The molecule has 1 aromatic carbocycles. The number of hydrogen-bond donors (Lipinski definition) is 1. The van der Waals surface area contributed by atoms with Crippen molar-refractivity contribution < 1.29 is 5.11 Å². The van der Waals surface area contributed by atoms with Crippen LogP contribution >= 0.6 is 0 Å². The number of aryl methyl sites for hydroxylation is 3. The maximum Gasteiger partial charge on any atom is 0.0608 e. The van der Waals surface area contributed by atoms with Crippen molar-refractivity contribution in [2.45, 2.75) is 78.7 Å². The molecule has 0 bridgehead atoms. The molecule has 0 aromatic heterocycles. The number of aliphatic hydroxyl groups is 1. The Kier molecular flexibility index (Phi) is 5.87. The maximum absolute atomic E-state index is 10.7. The van der Waals surface area contributed by atoms with Crippen molar-refractivity contribution >= 4 is 0 Å². The Balaban J connectivity index is 1.95. The Hall–Kier alpha value is -0.820. The second kappa shape index (κ2) is 7.45. The van der Waals surface area contributed by atoms with Gasteiger partial charge in [-0.2, -0.15) is 0 Å². The molecule has 1 saturated carbocycles. The summed E-state index contributed by atoms with van der Waals surface area (Å²) >= 11 is 0. The Labute approximate surface area is 130 Å². The molecule has 0 amide bonds. The van der Waals surface area contributed by atoms with Crippen molar-refractivity contribution in [1.29, 1.82) is 0 Å². The first-order chi connectivity index (χ1) is 10.0. The smallest absolute Gasteiger partial charge is 0.0608 e. The molecule has 1 unspecified atom stereocenters. The minimum absolute atomic E-state index is 0.160. The van der Waals surface area contributed by atoms with Gasteiger partial charge in [0, 0.05) is 0 Å². The molecular weight excluding hydrogens is 256 g/mol. The van der Waals surface area contributed by atoms with E-state index >= 15 is 0 Å². The quantitative estimate of drug-likeness (QED) is 0.797. The van der Waals surface area contributed by atoms with E-state index in [1.165, 1.54) is 60.8 Å². The largest absolute Gasteiger partial charge is 0.392 e. The van der Waals surface area contributed by atoms with Gasteiger partial charge in [-0.15, -0.1) is 0 Å². The number of benzene rings is 1. The highest BCUT2D eigenvalue weighted by molar-refractivity contribution is 5.37. The lowest BCUT2D eigenvalue weighted by molar-refractivity contribution is 0.0726. The first-order valence-electron chi connectivity index (χ1n) is 8.76. The van der Waals surface area contributed by atoms with Crippen molar-refractivity contribution in [3.8, 4) is 0 Å². The first kappa shape index (κ1) is 16.5. The van der Waals surface area contributed by atoms with Gasteiger partial charge in [-0.1, -0.05) is 50.3 Å². The van der Waals surface area contributed by atoms with Crippen molar-refractivity contribution in [2.75, 3.05) is 0 Å². The van der Waals surface area contributed by atoms with E-state index in [1.807, 2.05) is 0 Å². The van der Waals surface area contributed by atoms with Gasteiger partial charge in [-0.05, 0) is 68.6 Å². The highest BCUT2D eigenvalue weighted by Gasteiger charge is 2.26. The van der Waals surface area contributed by atoms with Crippen LogP contribution in [0.2, 0.25) is 0 Å². The van der Waals surface area contributed by atoms with Gasteiger partial charge in [-0.25, -0.2) is 0 Å². The Morgan fingerprint density at radius 2 is 1.62 bits per heavy atom. The van der Waals surface area contributed by atoms with Gasteiger partial charge in [0.1, 0.15) is 0 Å². The fraction of sp³-hybridized carbons (Fsp3) is 0.700. The molecule has 1 nitrogen and oxygen atoms in total. The van der Waals surface area contributed by atoms with Gasteiger partial charge in [0.05, 0.1) is 6.10 Å². The summed E-state index contributed by atoms with van der Waals surface area (Å²) in [6.45, 7) is 8.79. The van der Waals surface area contributed by atoms with Crippen molar-refractivity contribution in [3.63, 3.8) is 0 Å².